The van der Waals surface area contributed by atoms with E-state index in [-0.39, 0.29) is 16.6 Å². The van der Waals surface area contributed by atoms with Gasteiger partial charge in [0, 0.05) is 0 Å². The van der Waals surface area contributed by atoms with Gasteiger partial charge in [-0.15, -0.1) is 0 Å². The van der Waals surface area contributed by atoms with Crippen molar-refractivity contribution in [1.29, 1.82) is 0 Å². The van der Waals surface area contributed by atoms with Gasteiger partial charge in [-0.1, -0.05) is 34.6 Å². The first-order valence-electron chi connectivity index (χ1n) is 7.61. The summed E-state index contributed by atoms with van der Waals surface area (Å²) in [5, 5.41) is 0.0535. The molecule has 0 aromatic rings. The molecule has 0 heterocycles. The zero-order valence-corrected chi connectivity index (χ0v) is 15.7. The maximum atomic E-state index is 12.2. The summed E-state index contributed by atoms with van der Waals surface area (Å²) in [6.45, 7) is 15.0. The molecule has 0 saturated heterocycles. The van der Waals surface area contributed by atoms with Crippen molar-refractivity contribution >= 4 is 20.4 Å². The van der Waals surface area contributed by atoms with E-state index in [2.05, 4.69) is 57.5 Å². The van der Waals surface area contributed by atoms with Crippen LogP contribution in [-0.2, 0) is 19.0 Å². The van der Waals surface area contributed by atoms with E-state index < -0.39 is 26.3 Å². The Kier molecular flexibility index (Phi) is 5.34. The molecular formula is C15H29NO5Si. The minimum absolute atomic E-state index is 0.0244. The van der Waals surface area contributed by atoms with E-state index in [9.17, 15) is 9.59 Å². The average Bonchev–Trinajstić information content (AvgIpc) is 2.59. The molecule has 0 aromatic carbocycles. The molecule has 6 nitrogen and oxygen atoms in total. The highest BCUT2D eigenvalue weighted by atomic mass is 28.4. The van der Waals surface area contributed by atoms with Gasteiger partial charge in [0.05, 0.1) is 12.0 Å². The standard InChI is InChI=1S/C15H29NO5Si/c1-14(2,3)22(6,7)21-11-9-15(4,5)8-10(11)12(17)19-20-13(16)18/h10-11H,8-9H2,1-7H3,(H2,16,18)/t10-,11-/m1/s1. The molecule has 7 heteroatoms. The van der Waals surface area contributed by atoms with Crippen LogP contribution in [0, 0.1) is 11.3 Å². The minimum atomic E-state index is -2.01. The Morgan fingerprint density at radius 1 is 1.14 bits per heavy atom. The van der Waals surface area contributed by atoms with E-state index in [4.69, 9.17) is 10.2 Å². The topological polar surface area (TPSA) is 87.8 Å². The molecule has 1 saturated carbocycles. The maximum absolute atomic E-state index is 12.2. The van der Waals surface area contributed by atoms with Gasteiger partial charge in [-0.3, -0.25) is 0 Å². The fraction of sp³-hybridized carbons (Fsp3) is 0.867. The zero-order chi connectivity index (χ0) is 17.3. The van der Waals surface area contributed by atoms with Crippen molar-refractivity contribution in [3.05, 3.63) is 0 Å². The highest BCUT2D eigenvalue weighted by Gasteiger charge is 2.49. The first-order valence-corrected chi connectivity index (χ1v) is 10.5. The summed E-state index contributed by atoms with van der Waals surface area (Å²) in [5.41, 5.74) is 4.80. The van der Waals surface area contributed by atoms with Crippen molar-refractivity contribution in [2.24, 2.45) is 17.1 Å². The van der Waals surface area contributed by atoms with Gasteiger partial charge in [-0.25, -0.2) is 19.4 Å². The van der Waals surface area contributed by atoms with E-state index >= 15 is 0 Å². The molecule has 22 heavy (non-hydrogen) atoms. The largest absolute Gasteiger partial charge is 0.447 e. The number of rotatable bonds is 3. The molecule has 1 amide bonds. The Hall–Kier alpha value is -1.08. The van der Waals surface area contributed by atoms with E-state index in [0.29, 0.717) is 6.42 Å². The number of hydrogen-bond acceptors (Lipinski definition) is 5. The SMILES string of the molecule is CC1(C)C[C@@H](O[Si](C)(C)C(C)(C)C)[C@H](C(=O)OOC(N)=O)C1. The number of carbonyl (C=O) groups is 2. The summed E-state index contributed by atoms with van der Waals surface area (Å²) >= 11 is 0. The van der Waals surface area contributed by atoms with Crippen LogP contribution in [0.4, 0.5) is 4.79 Å². The Labute approximate surface area is 133 Å². The van der Waals surface area contributed by atoms with Gasteiger partial charge in [0.2, 0.25) is 0 Å². The molecular weight excluding hydrogens is 302 g/mol. The summed E-state index contributed by atoms with van der Waals surface area (Å²) in [4.78, 5) is 31.5. The zero-order valence-electron chi connectivity index (χ0n) is 14.7. The normalized spacial score (nSPS) is 24.9. The Bertz CT molecular complexity index is 442. The molecule has 0 bridgehead atoms. The molecule has 0 radical (unpaired) electrons. The van der Waals surface area contributed by atoms with Crippen LogP contribution in [0.25, 0.3) is 0 Å². The molecule has 0 unspecified atom stereocenters. The molecule has 1 aliphatic carbocycles. The van der Waals surface area contributed by atoms with E-state index in [1.807, 2.05) is 0 Å². The average molecular weight is 331 g/mol. The van der Waals surface area contributed by atoms with E-state index in [1.165, 1.54) is 0 Å². The number of carbonyl (C=O) groups excluding carboxylic acids is 2. The highest BCUT2D eigenvalue weighted by molar-refractivity contribution is 6.74. The van der Waals surface area contributed by atoms with E-state index in [1.54, 1.807) is 0 Å². The Morgan fingerprint density at radius 2 is 1.68 bits per heavy atom. The molecule has 0 aliphatic heterocycles. The molecule has 2 N–H and O–H groups in total. The lowest BCUT2D eigenvalue weighted by atomic mass is 9.91. The summed E-state index contributed by atoms with van der Waals surface area (Å²) in [5.74, 6) is -1.03. The summed E-state index contributed by atoms with van der Waals surface area (Å²) < 4.78 is 6.41. The van der Waals surface area contributed by atoms with Crippen molar-refractivity contribution in [3.8, 4) is 0 Å². The third-order valence-corrected chi connectivity index (χ3v) is 9.24. The number of primary amides is 1. The molecule has 1 rings (SSSR count). The van der Waals surface area contributed by atoms with Crippen LogP contribution in [0.15, 0.2) is 0 Å². The van der Waals surface area contributed by atoms with Crippen LogP contribution in [0.5, 0.6) is 0 Å². The van der Waals surface area contributed by atoms with Gasteiger partial charge in [0.15, 0.2) is 8.32 Å². The Balaban J connectivity index is 2.86. The minimum Gasteiger partial charge on any atom is -0.413 e. The lowest BCUT2D eigenvalue weighted by Crippen LogP contribution is -2.46. The number of hydrogen-bond donors (Lipinski definition) is 1. The number of amides is 1. The van der Waals surface area contributed by atoms with Gasteiger partial charge in [-0.05, 0) is 36.4 Å². The quantitative estimate of drug-likeness (QED) is 0.486. The predicted molar refractivity (Wildman–Crippen MR) is 85.3 cm³/mol. The fourth-order valence-corrected chi connectivity index (χ4v) is 3.91. The second-order valence-corrected chi connectivity index (χ2v) is 13.2. The first kappa shape index (κ1) is 19.0. The van der Waals surface area contributed by atoms with Crippen molar-refractivity contribution in [1.82, 2.24) is 0 Å². The van der Waals surface area contributed by atoms with Crippen molar-refractivity contribution in [3.63, 3.8) is 0 Å². The van der Waals surface area contributed by atoms with Crippen molar-refractivity contribution in [2.45, 2.75) is 71.7 Å². The van der Waals surface area contributed by atoms with Gasteiger partial charge in [0.1, 0.15) is 0 Å². The molecule has 0 spiro atoms. The van der Waals surface area contributed by atoms with Crippen LogP contribution in [0.1, 0.15) is 47.5 Å². The summed E-state index contributed by atoms with van der Waals surface area (Å²) in [7, 11) is -2.01. The van der Waals surface area contributed by atoms with Gasteiger partial charge < -0.3 is 10.2 Å². The summed E-state index contributed by atoms with van der Waals surface area (Å²) in [6.07, 6.45) is 0.0515. The fourth-order valence-electron chi connectivity index (χ4n) is 2.56. The van der Waals surface area contributed by atoms with E-state index in [0.717, 1.165) is 6.42 Å². The molecule has 1 fully saturated rings. The van der Waals surface area contributed by atoms with Crippen LogP contribution >= 0.6 is 0 Å². The number of nitrogens with two attached hydrogens (primary N) is 1. The van der Waals surface area contributed by atoms with Crippen molar-refractivity contribution < 1.29 is 23.8 Å². The van der Waals surface area contributed by atoms with Crippen LogP contribution in [0.2, 0.25) is 18.1 Å². The predicted octanol–water partition coefficient (Wildman–Crippen LogP) is 3.37. The maximum Gasteiger partial charge on any atom is 0.447 e. The van der Waals surface area contributed by atoms with Gasteiger partial charge >= 0.3 is 12.1 Å². The second-order valence-electron chi connectivity index (χ2n) is 8.40. The second kappa shape index (κ2) is 6.20. The van der Waals surface area contributed by atoms with Crippen LogP contribution in [-0.4, -0.2) is 26.5 Å². The lowest BCUT2D eigenvalue weighted by Gasteiger charge is -2.39. The van der Waals surface area contributed by atoms with Crippen LogP contribution in [0.3, 0.4) is 0 Å². The smallest absolute Gasteiger partial charge is 0.413 e. The third kappa shape index (κ3) is 4.71. The molecule has 128 valence electrons. The Morgan fingerprint density at radius 3 is 2.14 bits per heavy atom. The monoisotopic (exact) mass is 331 g/mol. The van der Waals surface area contributed by atoms with Crippen molar-refractivity contribution in [2.75, 3.05) is 0 Å². The molecule has 0 aromatic heterocycles. The summed E-state index contributed by atoms with van der Waals surface area (Å²) in [6, 6.07) is 0. The third-order valence-electron chi connectivity index (χ3n) is 4.74. The molecule has 1 aliphatic rings. The van der Waals surface area contributed by atoms with Gasteiger partial charge in [-0.2, -0.15) is 0 Å². The molecule has 2 atom stereocenters. The van der Waals surface area contributed by atoms with Crippen LogP contribution < -0.4 is 5.73 Å². The first-order chi connectivity index (χ1) is 9.75. The highest BCUT2D eigenvalue weighted by Crippen LogP contribution is 2.47. The lowest BCUT2D eigenvalue weighted by molar-refractivity contribution is -0.237. The van der Waals surface area contributed by atoms with Gasteiger partial charge in [0.25, 0.3) is 0 Å².